The van der Waals surface area contributed by atoms with Crippen molar-refractivity contribution >= 4 is 17.9 Å². The number of carbonyl (C=O) groups excluding carboxylic acids is 2. The van der Waals surface area contributed by atoms with E-state index < -0.39 is 0 Å². The van der Waals surface area contributed by atoms with Crippen molar-refractivity contribution in [3.8, 4) is 11.5 Å². The van der Waals surface area contributed by atoms with Gasteiger partial charge in [-0.15, -0.1) is 0 Å². The predicted octanol–water partition coefficient (Wildman–Crippen LogP) is 2.77. The summed E-state index contributed by atoms with van der Waals surface area (Å²) >= 11 is 0. The summed E-state index contributed by atoms with van der Waals surface area (Å²) in [6, 6.07) is 11.6. The number of aldehydes is 1. The molecule has 2 aromatic rings. The highest BCUT2D eigenvalue weighted by Gasteiger charge is 2.12. The van der Waals surface area contributed by atoms with Gasteiger partial charge in [-0.1, -0.05) is 18.2 Å². The zero-order chi connectivity index (χ0) is 15.2. The second-order valence-electron chi connectivity index (χ2n) is 4.23. The van der Waals surface area contributed by atoms with Crippen molar-refractivity contribution in [2.45, 2.75) is 0 Å². The van der Waals surface area contributed by atoms with E-state index in [2.05, 4.69) is 5.32 Å². The van der Waals surface area contributed by atoms with E-state index in [4.69, 9.17) is 9.47 Å². The summed E-state index contributed by atoms with van der Waals surface area (Å²) in [7, 11) is 3.06. The lowest BCUT2D eigenvalue weighted by atomic mass is 10.1. The number of rotatable bonds is 5. The molecular weight excluding hydrogens is 270 g/mol. The molecule has 0 unspecified atom stereocenters. The Morgan fingerprint density at radius 3 is 2.43 bits per heavy atom. The normalized spacial score (nSPS) is 9.81. The minimum Gasteiger partial charge on any atom is -0.493 e. The van der Waals surface area contributed by atoms with E-state index >= 15 is 0 Å². The Kier molecular flexibility index (Phi) is 4.56. The van der Waals surface area contributed by atoms with Crippen LogP contribution in [-0.4, -0.2) is 26.4 Å². The first kappa shape index (κ1) is 14.6. The average molecular weight is 285 g/mol. The Hall–Kier alpha value is -2.82. The summed E-state index contributed by atoms with van der Waals surface area (Å²) in [6.07, 6.45) is 0.656. The van der Waals surface area contributed by atoms with Crippen molar-refractivity contribution < 1.29 is 19.1 Å². The highest BCUT2D eigenvalue weighted by molar-refractivity contribution is 6.08. The van der Waals surface area contributed by atoms with Crippen molar-refractivity contribution in [1.82, 2.24) is 0 Å². The second-order valence-corrected chi connectivity index (χ2v) is 4.23. The van der Waals surface area contributed by atoms with E-state index in [1.54, 1.807) is 42.5 Å². The van der Waals surface area contributed by atoms with Crippen LogP contribution < -0.4 is 14.8 Å². The van der Waals surface area contributed by atoms with Crippen molar-refractivity contribution in [2.75, 3.05) is 19.5 Å². The second kappa shape index (κ2) is 6.56. The van der Waals surface area contributed by atoms with E-state index in [9.17, 15) is 9.59 Å². The van der Waals surface area contributed by atoms with Crippen LogP contribution in [0, 0.1) is 0 Å². The topological polar surface area (TPSA) is 64.6 Å². The molecule has 1 amide bonds. The standard InChI is InChI=1S/C16H15NO4/c1-20-14-8-7-12(9-15(14)21-2)17-16(19)13-6-4-3-5-11(13)10-18/h3-10H,1-2H3,(H,17,19). The molecule has 0 radical (unpaired) electrons. The van der Waals surface area contributed by atoms with Crippen LogP contribution in [0.1, 0.15) is 20.7 Å². The average Bonchev–Trinajstić information content (AvgIpc) is 2.54. The van der Waals surface area contributed by atoms with Gasteiger partial charge in [0.2, 0.25) is 0 Å². The first-order valence-corrected chi connectivity index (χ1v) is 6.27. The number of hydrogen-bond acceptors (Lipinski definition) is 4. The molecule has 0 aliphatic carbocycles. The van der Waals surface area contributed by atoms with Crippen LogP contribution in [0.4, 0.5) is 5.69 Å². The van der Waals surface area contributed by atoms with E-state index in [0.29, 0.717) is 34.6 Å². The molecule has 0 aliphatic rings. The van der Waals surface area contributed by atoms with E-state index in [1.165, 1.54) is 14.2 Å². The van der Waals surface area contributed by atoms with E-state index in [1.807, 2.05) is 0 Å². The van der Waals surface area contributed by atoms with Crippen LogP contribution in [0.2, 0.25) is 0 Å². The van der Waals surface area contributed by atoms with Crippen LogP contribution in [0.25, 0.3) is 0 Å². The minimum absolute atomic E-state index is 0.322. The molecule has 5 heteroatoms. The van der Waals surface area contributed by atoms with Gasteiger partial charge in [-0.3, -0.25) is 9.59 Å². The molecule has 0 saturated carbocycles. The molecule has 0 saturated heterocycles. The molecule has 108 valence electrons. The monoisotopic (exact) mass is 285 g/mol. The van der Waals surface area contributed by atoms with Gasteiger partial charge in [0.1, 0.15) is 0 Å². The number of amides is 1. The maximum absolute atomic E-state index is 12.2. The summed E-state index contributed by atoms with van der Waals surface area (Å²) in [5, 5.41) is 2.73. The first-order valence-electron chi connectivity index (χ1n) is 6.27. The van der Waals surface area contributed by atoms with Crippen molar-refractivity contribution in [3.63, 3.8) is 0 Å². The number of benzene rings is 2. The summed E-state index contributed by atoms with van der Waals surface area (Å²) in [4.78, 5) is 23.2. The Labute approximate surface area is 122 Å². The van der Waals surface area contributed by atoms with Crippen molar-refractivity contribution in [1.29, 1.82) is 0 Å². The van der Waals surface area contributed by atoms with Crippen molar-refractivity contribution in [3.05, 3.63) is 53.6 Å². The molecular formula is C16H15NO4. The lowest BCUT2D eigenvalue weighted by molar-refractivity contribution is 0.101. The van der Waals surface area contributed by atoms with Gasteiger partial charge in [-0.25, -0.2) is 0 Å². The van der Waals surface area contributed by atoms with E-state index in [-0.39, 0.29) is 5.91 Å². The zero-order valence-electron chi connectivity index (χ0n) is 11.8. The maximum Gasteiger partial charge on any atom is 0.256 e. The number of methoxy groups -OCH3 is 2. The SMILES string of the molecule is COc1ccc(NC(=O)c2ccccc2C=O)cc1OC. The molecule has 0 spiro atoms. The van der Waals surface area contributed by atoms with Crippen LogP contribution >= 0.6 is 0 Å². The molecule has 0 heterocycles. The zero-order valence-corrected chi connectivity index (χ0v) is 11.8. The number of anilines is 1. The first-order chi connectivity index (χ1) is 10.2. The van der Waals surface area contributed by atoms with Crippen molar-refractivity contribution in [2.24, 2.45) is 0 Å². The number of carbonyl (C=O) groups is 2. The Balaban J connectivity index is 2.25. The molecule has 0 atom stereocenters. The minimum atomic E-state index is -0.357. The summed E-state index contributed by atoms with van der Waals surface area (Å²) in [5.41, 5.74) is 1.22. The smallest absolute Gasteiger partial charge is 0.256 e. The van der Waals surface area contributed by atoms with Gasteiger partial charge in [0.25, 0.3) is 5.91 Å². The van der Waals surface area contributed by atoms with Crippen LogP contribution in [0.3, 0.4) is 0 Å². The van der Waals surface area contributed by atoms with Gasteiger partial charge in [0, 0.05) is 17.3 Å². The summed E-state index contributed by atoms with van der Waals surface area (Å²) in [5.74, 6) is 0.729. The molecule has 2 aromatic carbocycles. The van der Waals surface area contributed by atoms with Crippen LogP contribution in [0.15, 0.2) is 42.5 Å². The van der Waals surface area contributed by atoms with Gasteiger partial charge >= 0.3 is 0 Å². The molecule has 5 nitrogen and oxygen atoms in total. The molecule has 0 aliphatic heterocycles. The third-order valence-corrected chi connectivity index (χ3v) is 2.97. The Morgan fingerprint density at radius 2 is 1.76 bits per heavy atom. The van der Waals surface area contributed by atoms with Gasteiger partial charge in [-0.2, -0.15) is 0 Å². The fraction of sp³-hybridized carbons (Fsp3) is 0.125. The molecule has 0 aromatic heterocycles. The maximum atomic E-state index is 12.2. The Bertz CT molecular complexity index is 667. The number of hydrogen-bond donors (Lipinski definition) is 1. The largest absolute Gasteiger partial charge is 0.493 e. The number of nitrogens with one attached hydrogen (secondary N) is 1. The predicted molar refractivity (Wildman–Crippen MR) is 79.3 cm³/mol. The summed E-state index contributed by atoms with van der Waals surface area (Å²) in [6.45, 7) is 0. The molecule has 21 heavy (non-hydrogen) atoms. The van der Waals surface area contributed by atoms with Gasteiger partial charge in [-0.05, 0) is 18.2 Å². The van der Waals surface area contributed by atoms with Crippen LogP contribution in [0.5, 0.6) is 11.5 Å². The highest BCUT2D eigenvalue weighted by atomic mass is 16.5. The summed E-state index contributed by atoms with van der Waals surface area (Å²) < 4.78 is 10.3. The fourth-order valence-corrected chi connectivity index (χ4v) is 1.92. The Morgan fingerprint density at radius 1 is 1.05 bits per heavy atom. The van der Waals surface area contributed by atoms with Gasteiger partial charge in [0.15, 0.2) is 17.8 Å². The molecule has 0 fully saturated rings. The highest BCUT2D eigenvalue weighted by Crippen LogP contribution is 2.29. The molecule has 1 N–H and O–H groups in total. The molecule has 2 rings (SSSR count). The van der Waals surface area contributed by atoms with Crippen LogP contribution in [-0.2, 0) is 0 Å². The third-order valence-electron chi connectivity index (χ3n) is 2.97. The van der Waals surface area contributed by atoms with Gasteiger partial charge in [0.05, 0.1) is 19.8 Å². The quantitative estimate of drug-likeness (QED) is 0.858. The van der Waals surface area contributed by atoms with Gasteiger partial charge < -0.3 is 14.8 Å². The fourth-order valence-electron chi connectivity index (χ4n) is 1.92. The lowest BCUT2D eigenvalue weighted by Gasteiger charge is -2.11. The third kappa shape index (κ3) is 3.20. The van der Waals surface area contributed by atoms with E-state index in [0.717, 1.165) is 0 Å². The lowest BCUT2D eigenvalue weighted by Crippen LogP contribution is -2.14. The molecule has 0 bridgehead atoms. The number of ether oxygens (including phenoxy) is 2.